The molecule has 2 heterocycles. The summed E-state index contributed by atoms with van der Waals surface area (Å²) in [4.78, 5) is 14.8. The monoisotopic (exact) mass is 389 g/mol. The number of hydrogen-bond donors (Lipinski definition) is 3. The van der Waals surface area contributed by atoms with Crippen LogP contribution in [0.2, 0.25) is 0 Å². The van der Waals surface area contributed by atoms with E-state index in [9.17, 15) is 4.79 Å². The molecule has 0 bridgehead atoms. The zero-order valence-electron chi connectivity index (χ0n) is 16.0. The molecule has 148 valence electrons. The van der Waals surface area contributed by atoms with Gasteiger partial charge in [-0.25, -0.2) is 5.10 Å². The molecule has 8 heteroatoms. The van der Waals surface area contributed by atoms with Gasteiger partial charge in [0.05, 0.1) is 0 Å². The molecule has 0 aliphatic carbocycles. The van der Waals surface area contributed by atoms with Crippen LogP contribution in [0.1, 0.15) is 34.6 Å². The van der Waals surface area contributed by atoms with E-state index in [-0.39, 0.29) is 11.7 Å². The average molecular weight is 389 g/mol. The second-order valence-electron chi connectivity index (χ2n) is 7.36. The molecule has 0 unspecified atom stereocenters. The lowest BCUT2D eigenvalue weighted by Gasteiger charge is -2.31. The Balaban J connectivity index is 1.36. The molecule has 4 rings (SSSR count). The third-order valence-corrected chi connectivity index (χ3v) is 5.43. The minimum absolute atomic E-state index is 0.0544. The Labute approximate surface area is 168 Å². The molecule has 0 spiro atoms. The van der Waals surface area contributed by atoms with Crippen molar-refractivity contribution in [3.05, 3.63) is 65.5 Å². The van der Waals surface area contributed by atoms with Gasteiger partial charge in [-0.3, -0.25) is 10.2 Å². The maximum Gasteiger partial charge on any atom is 0.253 e. The van der Waals surface area contributed by atoms with Crippen LogP contribution in [0.3, 0.4) is 0 Å². The molecule has 1 saturated heterocycles. The molecular weight excluding hydrogens is 366 g/mol. The minimum Gasteiger partial charge on any atom is -0.384 e. The van der Waals surface area contributed by atoms with Gasteiger partial charge in [-0.05, 0) is 52.4 Å². The normalized spacial score (nSPS) is 14.7. The number of likely N-dealkylation sites (tertiary alicyclic amines) is 1. The zero-order valence-corrected chi connectivity index (χ0v) is 16.0. The van der Waals surface area contributed by atoms with Crippen molar-refractivity contribution < 1.29 is 4.79 Å². The van der Waals surface area contributed by atoms with Gasteiger partial charge in [0.1, 0.15) is 11.7 Å². The standard InChI is InChI=1S/C21H23N7O/c22-20(23)17-5-1-15(2-6-17)16-3-7-18(8-4-16)21(29)28-11-9-14(10-12-28)13-19-24-26-27-25-19/h1-8,14H,9-13H2,(H3,22,23)(H,24,25,26,27). The molecule has 1 fully saturated rings. The summed E-state index contributed by atoms with van der Waals surface area (Å²) in [6.07, 6.45) is 2.73. The molecule has 1 aliphatic heterocycles. The Bertz CT molecular complexity index is 973. The Morgan fingerprint density at radius 3 is 2.14 bits per heavy atom. The number of amides is 1. The molecule has 1 aromatic heterocycles. The van der Waals surface area contributed by atoms with Crippen molar-refractivity contribution in [2.45, 2.75) is 19.3 Å². The van der Waals surface area contributed by atoms with Crippen LogP contribution in [0, 0.1) is 11.3 Å². The average Bonchev–Trinajstić information content (AvgIpc) is 3.27. The third-order valence-electron chi connectivity index (χ3n) is 5.43. The van der Waals surface area contributed by atoms with Crippen LogP contribution in [-0.2, 0) is 6.42 Å². The number of piperidine rings is 1. The number of carbonyl (C=O) groups is 1. The topological polar surface area (TPSA) is 125 Å². The molecule has 0 atom stereocenters. The second kappa shape index (κ2) is 8.22. The molecule has 1 aliphatic rings. The van der Waals surface area contributed by atoms with E-state index in [1.807, 2.05) is 53.4 Å². The molecule has 2 aromatic carbocycles. The molecule has 3 aromatic rings. The lowest BCUT2D eigenvalue weighted by molar-refractivity contribution is 0.0690. The number of amidine groups is 1. The highest BCUT2D eigenvalue weighted by Gasteiger charge is 2.24. The number of hydrogen-bond acceptors (Lipinski definition) is 5. The molecule has 0 radical (unpaired) electrons. The number of nitrogens with zero attached hydrogens (tertiary/aromatic N) is 4. The minimum atomic E-state index is 0.0544. The van der Waals surface area contributed by atoms with Gasteiger partial charge in [-0.2, -0.15) is 0 Å². The Hall–Kier alpha value is -3.55. The first kappa shape index (κ1) is 18.8. The number of nitrogens with one attached hydrogen (secondary N) is 2. The summed E-state index contributed by atoms with van der Waals surface area (Å²) >= 11 is 0. The molecule has 4 N–H and O–H groups in total. The van der Waals surface area contributed by atoms with Crippen molar-refractivity contribution >= 4 is 11.7 Å². The van der Waals surface area contributed by atoms with Crippen LogP contribution in [0.25, 0.3) is 11.1 Å². The first-order chi connectivity index (χ1) is 14.1. The Kier molecular flexibility index (Phi) is 5.33. The fraction of sp³-hybridized carbons (Fsp3) is 0.286. The van der Waals surface area contributed by atoms with Gasteiger partial charge in [0.15, 0.2) is 0 Å². The van der Waals surface area contributed by atoms with Crippen LogP contribution in [0.4, 0.5) is 0 Å². The second-order valence-corrected chi connectivity index (χ2v) is 7.36. The van der Waals surface area contributed by atoms with E-state index in [4.69, 9.17) is 11.1 Å². The van der Waals surface area contributed by atoms with E-state index in [1.54, 1.807) is 0 Å². The summed E-state index contributed by atoms with van der Waals surface area (Å²) in [5.74, 6) is 1.43. The SMILES string of the molecule is N=C(N)c1ccc(-c2ccc(C(=O)N3CCC(Cc4nnn[nH]4)CC3)cc2)cc1. The summed E-state index contributed by atoms with van der Waals surface area (Å²) in [5.41, 5.74) is 8.95. The summed E-state index contributed by atoms with van der Waals surface area (Å²) in [6.45, 7) is 1.50. The third kappa shape index (κ3) is 4.31. The van der Waals surface area contributed by atoms with E-state index >= 15 is 0 Å². The Morgan fingerprint density at radius 1 is 1.03 bits per heavy atom. The van der Waals surface area contributed by atoms with Gasteiger partial charge >= 0.3 is 0 Å². The summed E-state index contributed by atoms with van der Waals surface area (Å²) in [6, 6.07) is 15.2. The van der Waals surface area contributed by atoms with Gasteiger partial charge in [0, 0.05) is 30.6 Å². The number of H-pyrrole nitrogens is 1. The molecule has 29 heavy (non-hydrogen) atoms. The maximum absolute atomic E-state index is 12.8. The van der Waals surface area contributed by atoms with E-state index in [0.717, 1.165) is 49.3 Å². The van der Waals surface area contributed by atoms with Gasteiger partial charge < -0.3 is 10.6 Å². The fourth-order valence-corrected chi connectivity index (χ4v) is 3.71. The molecule has 1 amide bonds. The van der Waals surface area contributed by atoms with Crippen molar-refractivity contribution in [3.63, 3.8) is 0 Å². The van der Waals surface area contributed by atoms with E-state index in [1.165, 1.54) is 0 Å². The molecular formula is C21H23N7O. The fourth-order valence-electron chi connectivity index (χ4n) is 3.71. The highest BCUT2D eigenvalue weighted by Crippen LogP contribution is 2.24. The first-order valence-electron chi connectivity index (χ1n) is 9.67. The van der Waals surface area contributed by atoms with Crippen LogP contribution in [-0.4, -0.2) is 50.4 Å². The van der Waals surface area contributed by atoms with Gasteiger partial charge in [-0.1, -0.05) is 36.4 Å². The van der Waals surface area contributed by atoms with Crippen LogP contribution < -0.4 is 5.73 Å². The summed E-state index contributed by atoms with van der Waals surface area (Å²) in [5, 5.41) is 21.4. The number of tetrazole rings is 1. The number of carbonyl (C=O) groups excluding carboxylic acids is 1. The van der Waals surface area contributed by atoms with Gasteiger partial charge in [0.2, 0.25) is 0 Å². The zero-order chi connectivity index (χ0) is 20.2. The van der Waals surface area contributed by atoms with E-state index < -0.39 is 0 Å². The van der Waals surface area contributed by atoms with Crippen LogP contribution in [0.5, 0.6) is 0 Å². The Morgan fingerprint density at radius 2 is 1.62 bits per heavy atom. The smallest absolute Gasteiger partial charge is 0.253 e. The summed E-state index contributed by atoms with van der Waals surface area (Å²) in [7, 11) is 0. The molecule has 0 saturated carbocycles. The van der Waals surface area contributed by atoms with Crippen molar-refractivity contribution in [2.24, 2.45) is 11.7 Å². The lowest BCUT2D eigenvalue weighted by atomic mass is 9.93. The molecule has 8 nitrogen and oxygen atoms in total. The van der Waals surface area contributed by atoms with Crippen molar-refractivity contribution in [1.82, 2.24) is 25.5 Å². The highest BCUT2D eigenvalue weighted by atomic mass is 16.2. The lowest BCUT2D eigenvalue weighted by Crippen LogP contribution is -2.39. The maximum atomic E-state index is 12.8. The number of nitrogens with two attached hydrogens (primary N) is 1. The van der Waals surface area contributed by atoms with Crippen LogP contribution in [0.15, 0.2) is 48.5 Å². The van der Waals surface area contributed by atoms with Crippen molar-refractivity contribution in [3.8, 4) is 11.1 Å². The predicted molar refractivity (Wildman–Crippen MR) is 109 cm³/mol. The number of nitrogen functional groups attached to an aromatic ring is 1. The number of rotatable bonds is 5. The van der Waals surface area contributed by atoms with E-state index in [0.29, 0.717) is 17.0 Å². The first-order valence-corrected chi connectivity index (χ1v) is 9.67. The largest absolute Gasteiger partial charge is 0.384 e. The van der Waals surface area contributed by atoms with Gasteiger partial charge in [0.25, 0.3) is 5.91 Å². The predicted octanol–water partition coefficient (Wildman–Crippen LogP) is 2.25. The number of aromatic nitrogens is 4. The number of aromatic amines is 1. The van der Waals surface area contributed by atoms with Crippen LogP contribution >= 0.6 is 0 Å². The summed E-state index contributed by atoms with van der Waals surface area (Å²) < 4.78 is 0. The van der Waals surface area contributed by atoms with Gasteiger partial charge in [-0.15, -0.1) is 5.10 Å². The van der Waals surface area contributed by atoms with Crippen molar-refractivity contribution in [2.75, 3.05) is 13.1 Å². The van der Waals surface area contributed by atoms with E-state index in [2.05, 4.69) is 20.6 Å². The van der Waals surface area contributed by atoms with Crippen molar-refractivity contribution in [1.29, 1.82) is 5.41 Å². The number of benzene rings is 2. The quantitative estimate of drug-likeness (QED) is 0.456. The highest BCUT2D eigenvalue weighted by molar-refractivity contribution is 5.96.